The summed E-state index contributed by atoms with van der Waals surface area (Å²) < 4.78 is 0. The fourth-order valence-electron chi connectivity index (χ4n) is 6.70. The van der Waals surface area contributed by atoms with Gasteiger partial charge in [-0.2, -0.15) is 5.26 Å². The Morgan fingerprint density at radius 2 is 1.61 bits per heavy atom. The molecule has 1 atom stereocenters. The molecule has 6 nitrogen and oxygen atoms in total. The lowest BCUT2D eigenvalue weighted by Crippen LogP contribution is -2.51. The second-order valence-corrected chi connectivity index (χ2v) is 11.9. The van der Waals surface area contributed by atoms with E-state index in [2.05, 4.69) is 43.0 Å². The molecule has 7 heteroatoms. The lowest BCUT2D eigenvalue weighted by molar-refractivity contribution is -0.127. The van der Waals surface area contributed by atoms with Gasteiger partial charge >= 0.3 is 0 Å². The van der Waals surface area contributed by atoms with Gasteiger partial charge in [0.1, 0.15) is 5.92 Å². The summed E-state index contributed by atoms with van der Waals surface area (Å²) in [4.78, 5) is 25.2. The predicted molar refractivity (Wildman–Crippen MR) is 131 cm³/mol. The molecule has 4 fully saturated rings. The quantitative estimate of drug-likeness (QED) is 0.453. The van der Waals surface area contributed by atoms with Gasteiger partial charge in [-0.3, -0.25) is 25.8 Å². The van der Waals surface area contributed by atoms with E-state index in [1.165, 1.54) is 19.3 Å². The van der Waals surface area contributed by atoms with Crippen molar-refractivity contribution in [2.75, 3.05) is 0 Å². The summed E-state index contributed by atoms with van der Waals surface area (Å²) in [5, 5.41) is 12.3. The van der Waals surface area contributed by atoms with Crippen LogP contribution in [0.2, 0.25) is 0 Å². The van der Waals surface area contributed by atoms with Gasteiger partial charge in [0.05, 0.1) is 6.07 Å². The molecule has 1 unspecified atom stereocenters. The fourth-order valence-corrected chi connectivity index (χ4v) is 6.85. The Balaban J connectivity index is 1.27. The Morgan fingerprint density at radius 1 is 1.06 bits per heavy atom. The monoisotopic (exact) mass is 466 g/mol. The molecule has 0 aliphatic heterocycles. The van der Waals surface area contributed by atoms with Gasteiger partial charge in [0.15, 0.2) is 5.11 Å². The van der Waals surface area contributed by atoms with Crippen molar-refractivity contribution >= 4 is 29.1 Å². The first-order valence-electron chi connectivity index (χ1n) is 12.0. The smallest absolute Gasteiger partial charge is 0.257 e. The van der Waals surface area contributed by atoms with E-state index >= 15 is 0 Å². The summed E-state index contributed by atoms with van der Waals surface area (Å²) in [5.74, 6) is 0.857. The Kier molecular flexibility index (Phi) is 6.50. The number of benzene rings is 1. The zero-order valence-electron chi connectivity index (χ0n) is 19.7. The number of nitriles is 1. The second kappa shape index (κ2) is 9.06. The number of rotatable bonds is 4. The first kappa shape index (κ1) is 23.7. The third kappa shape index (κ3) is 5.38. The Morgan fingerprint density at radius 3 is 2.09 bits per heavy atom. The minimum Gasteiger partial charge on any atom is -0.298 e. The van der Waals surface area contributed by atoms with Crippen molar-refractivity contribution in [2.24, 2.45) is 29.1 Å². The van der Waals surface area contributed by atoms with Crippen LogP contribution in [0.5, 0.6) is 0 Å². The highest BCUT2D eigenvalue weighted by Gasteiger charge is 2.51. The number of carbonyl (C=O) groups is 2. The van der Waals surface area contributed by atoms with Crippen molar-refractivity contribution in [3.05, 3.63) is 35.4 Å². The van der Waals surface area contributed by atoms with E-state index < -0.39 is 5.92 Å². The maximum atomic E-state index is 12.7. The highest BCUT2D eigenvalue weighted by molar-refractivity contribution is 7.80. The normalized spacial score (nSPS) is 28.5. The highest BCUT2D eigenvalue weighted by Crippen LogP contribution is 2.62. The fraction of sp³-hybridized carbons (Fsp3) is 0.615. The molecule has 33 heavy (non-hydrogen) atoms. The van der Waals surface area contributed by atoms with E-state index in [0.717, 1.165) is 42.6 Å². The maximum absolute atomic E-state index is 12.7. The number of hydrogen-bond acceptors (Lipinski definition) is 4. The maximum Gasteiger partial charge on any atom is 0.257 e. The highest BCUT2D eigenvalue weighted by atomic mass is 32.1. The third-order valence-electron chi connectivity index (χ3n) is 7.81. The summed E-state index contributed by atoms with van der Waals surface area (Å²) in [6.45, 7) is 6.34. The van der Waals surface area contributed by atoms with Crippen molar-refractivity contribution in [3.8, 4) is 6.07 Å². The van der Waals surface area contributed by atoms with E-state index in [1.54, 1.807) is 12.1 Å². The lowest BCUT2D eigenvalue weighted by atomic mass is 9.48. The first-order chi connectivity index (χ1) is 15.6. The van der Waals surface area contributed by atoms with E-state index in [4.69, 9.17) is 12.2 Å². The van der Waals surface area contributed by atoms with Gasteiger partial charge in [0, 0.05) is 5.56 Å². The molecule has 4 aliphatic rings. The number of hydrazine groups is 1. The molecule has 0 saturated heterocycles. The summed E-state index contributed by atoms with van der Waals surface area (Å²) in [5.41, 5.74) is 6.88. The first-order valence-corrected chi connectivity index (χ1v) is 12.4. The van der Waals surface area contributed by atoms with Gasteiger partial charge in [0.25, 0.3) is 11.8 Å². The van der Waals surface area contributed by atoms with Crippen LogP contribution >= 0.6 is 12.2 Å². The Hall–Kier alpha value is -2.46. The predicted octanol–water partition coefficient (Wildman–Crippen LogP) is 4.37. The largest absolute Gasteiger partial charge is 0.298 e. The van der Waals surface area contributed by atoms with Gasteiger partial charge < -0.3 is 0 Å². The minimum atomic E-state index is -0.725. The summed E-state index contributed by atoms with van der Waals surface area (Å²) in [7, 11) is 0. The van der Waals surface area contributed by atoms with Crippen molar-refractivity contribution in [1.29, 1.82) is 5.26 Å². The number of nitrogens with zero attached hydrogens (tertiary/aromatic N) is 1. The molecule has 1 aromatic rings. The zero-order valence-corrected chi connectivity index (χ0v) is 20.6. The lowest BCUT2D eigenvalue weighted by Gasteiger charge is -2.57. The summed E-state index contributed by atoms with van der Waals surface area (Å²) in [6.07, 6.45) is 8.06. The standard InChI is InChI=1S/C26H34N4O2S/c1-25(2,3)21-6-4-19(5-7-21)22(31)28-24(33)30-29-23(32)20(15-27)14-26-11-16-8-17(12-26)10-18(9-16)13-26/h4-7,16-18,20H,8-14H2,1-3H3,(H,29,32)(H2,28,30,31,33). The van der Waals surface area contributed by atoms with Gasteiger partial charge in [-0.15, -0.1) is 0 Å². The van der Waals surface area contributed by atoms with Crippen LogP contribution in [0.3, 0.4) is 0 Å². The van der Waals surface area contributed by atoms with Crippen molar-refractivity contribution in [2.45, 2.75) is 71.1 Å². The van der Waals surface area contributed by atoms with Crippen LogP contribution in [0.4, 0.5) is 0 Å². The van der Waals surface area contributed by atoms with E-state index in [9.17, 15) is 14.9 Å². The molecule has 3 N–H and O–H groups in total. The third-order valence-corrected chi connectivity index (χ3v) is 8.02. The molecular weight excluding hydrogens is 432 g/mol. The molecule has 176 valence electrons. The molecule has 4 bridgehead atoms. The van der Waals surface area contributed by atoms with Crippen LogP contribution in [-0.2, 0) is 10.2 Å². The molecule has 0 radical (unpaired) electrons. The van der Waals surface area contributed by atoms with Crippen molar-refractivity contribution in [1.82, 2.24) is 16.2 Å². The molecular formula is C26H34N4O2S. The van der Waals surface area contributed by atoms with Crippen LogP contribution in [0.25, 0.3) is 0 Å². The SMILES string of the molecule is CC(C)(C)c1ccc(C(=O)NC(=S)NNC(=O)C(C#N)CC23CC4CC(CC(C4)C2)C3)cc1. The molecule has 2 amide bonds. The molecule has 4 aliphatic carbocycles. The number of nitrogens with one attached hydrogen (secondary N) is 3. The van der Waals surface area contributed by atoms with Crippen molar-refractivity contribution in [3.63, 3.8) is 0 Å². The summed E-state index contributed by atoms with van der Waals surface area (Å²) in [6, 6.07) is 9.57. The van der Waals surface area contributed by atoms with Crippen LogP contribution < -0.4 is 16.2 Å². The van der Waals surface area contributed by atoms with Crippen LogP contribution in [0.1, 0.15) is 81.6 Å². The summed E-state index contributed by atoms with van der Waals surface area (Å²) >= 11 is 5.17. The second-order valence-electron chi connectivity index (χ2n) is 11.5. The molecule has 4 saturated carbocycles. The number of amides is 2. The van der Waals surface area contributed by atoms with Crippen molar-refractivity contribution < 1.29 is 9.59 Å². The van der Waals surface area contributed by atoms with Crippen LogP contribution in [0.15, 0.2) is 24.3 Å². The number of thiocarbonyl (C=S) groups is 1. The molecule has 0 heterocycles. The topological polar surface area (TPSA) is 94.0 Å². The molecule has 1 aromatic carbocycles. The average molecular weight is 467 g/mol. The van der Waals surface area contributed by atoms with Gasteiger partial charge in [-0.05, 0) is 103 Å². The van der Waals surface area contributed by atoms with Crippen LogP contribution in [-0.4, -0.2) is 16.9 Å². The van der Waals surface area contributed by atoms with Gasteiger partial charge in [-0.25, -0.2) is 0 Å². The number of hydrogen-bond donors (Lipinski definition) is 3. The number of carbonyl (C=O) groups excluding carboxylic acids is 2. The zero-order chi connectivity index (χ0) is 23.8. The molecule has 0 aromatic heterocycles. The van der Waals surface area contributed by atoms with E-state index in [0.29, 0.717) is 12.0 Å². The molecule has 0 spiro atoms. The van der Waals surface area contributed by atoms with E-state index in [1.807, 2.05) is 12.1 Å². The average Bonchev–Trinajstić information content (AvgIpc) is 2.74. The van der Waals surface area contributed by atoms with Gasteiger partial charge in [0.2, 0.25) is 0 Å². The Bertz CT molecular complexity index is 938. The van der Waals surface area contributed by atoms with E-state index in [-0.39, 0.29) is 27.8 Å². The minimum absolute atomic E-state index is 0.000239. The molecule has 5 rings (SSSR count). The Labute approximate surface area is 201 Å². The van der Waals surface area contributed by atoms with Gasteiger partial charge in [-0.1, -0.05) is 32.9 Å². The van der Waals surface area contributed by atoms with Crippen LogP contribution in [0, 0.1) is 40.4 Å².